The summed E-state index contributed by atoms with van der Waals surface area (Å²) in [4.78, 5) is 30.6. The van der Waals surface area contributed by atoms with Crippen LogP contribution in [0.5, 0.6) is 0 Å². The van der Waals surface area contributed by atoms with E-state index in [2.05, 4.69) is 10.3 Å². The van der Waals surface area contributed by atoms with Crippen molar-refractivity contribution in [2.24, 2.45) is 0 Å². The number of benzene rings is 2. The van der Waals surface area contributed by atoms with E-state index in [4.69, 9.17) is 16.0 Å². The van der Waals surface area contributed by atoms with Crippen molar-refractivity contribution in [2.75, 3.05) is 13.1 Å². The summed E-state index contributed by atoms with van der Waals surface area (Å²) >= 11 is 5.87. The van der Waals surface area contributed by atoms with Gasteiger partial charge >= 0.3 is 0 Å². The fourth-order valence-corrected chi connectivity index (χ4v) is 3.25. The molecule has 3 rings (SSSR count). The van der Waals surface area contributed by atoms with Gasteiger partial charge in [0.15, 0.2) is 11.7 Å². The number of aromatic nitrogens is 1. The zero-order valence-electron chi connectivity index (χ0n) is 17.5. The first kappa shape index (κ1) is 22.6. The van der Waals surface area contributed by atoms with Crippen LogP contribution in [0.15, 0.2) is 65.2 Å². The van der Waals surface area contributed by atoms with Gasteiger partial charge in [-0.15, -0.1) is 0 Å². The van der Waals surface area contributed by atoms with E-state index in [1.807, 2.05) is 49.4 Å². The van der Waals surface area contributed by atoms with Crippen LogP contribution in [-0.4, -0.2) is 34.8 Å². The van der Waals surface area contributed by atoms with Crippen molar-refractivity contribution in [3.8, 4) is 11.3 Å². The van der Waals surface area contributed by atoms with Crippen molar-refractivity contribution < 1.29 is 14.0 Å². The average molecular weight is 440 g/mol. The molecule has 0 spiro atoms. The van der Waals surface area contributed by atoms with Crippen LogP contribution >= 0.6 is 11.6 Å². The van der Waals surface area contributed by atoms with Gasteiger partial charge in [0, 0.05) is 36.5 Å². The first-order valence-electron chi connectivity index (χ1n) is 10.3. The molecule has 162 valence electrons. The van der Waals surface area contributed by atoms with Crippen molar-refractivity contribution in [1.82, 2.24) is 15.2 Å². The Morgan fingerprint density at radius 1 is 1.10 bits per heavy atom. The van der Waals surface area contributed by atoms with Crippen LogP contribution in [0.4, 0.5) is 0 Å². The highest BCUT2D eigenvalue weighted by molar-refractivity contribution is 6.30. The number of aryl methyl sites for hydroxylation is 1. The smallest absolute Gasteiger partial charge is 0.239 e. The first-order valence-corrected chi connectivity index (χ1v) is 10.7. The summed E-state index contributed by atoms with van der Waals surface area (Å²) in [5.41, 5.74) is 1.92. The predicted octanol–water partition coefficient (Wildman–Crippen LogP) is 4.48. The SMILES string of the molecule is CCN(CC(=O)NCc1ccc(Cl)cc1)C(=O)CCCc1ncc(-c2ccccc2)o1. The van der Waals surface area contributed by atoms with E-state index >= 15 is 0 Å². The van der Waals surface area contributed by atoms with Crippen LogP contribution in [0.2, 0.25) is 5.02 Å². The lowest BCUT2D eigenvalue weighted by Crippen LogP contribution is -2.40. The van der Waals surface area contributed by atoms with Gasteiger partial charge in [0.05, 0.1) is 12.7 Å². The molecule has 31 heavy (non-hydrogen) atoms. The van der Waals surface area contributed by atoms with E-state index in [1.54, 1.807) is 23.2 Å². The Morgan fingerprint density at radius 2 is 1.84 bits per heavy atom. The van der Waals surface area contributed by atoms with E-state index in [9.17, 15) is 9.59 Å². The second-order valence-electron chi connectivity index (χ2n) is 7.15. The topological polar surface area (TPSA) is 75.4 Å². The lowest BCUT2D eigenvalue weighted by atomic mass is 10.2. The minimum absolute atomic E-state index is 0.0417. The molecule has 1 heterocycles. The van der Waals surface area contributed by atoms with Crippen LogP contribution in [0.1, 0.15) is 31.2 Å². The Balaban J connectivity index is 1.41. The molecule has 0 aliphatic heterocycles. The van der Waals surface area contributed by atoms with Crippen LogP contribution in [0.25, 0.3) is 11.3 Å². The molecule has 6 nitrogen and oxygen atoms in total. The maximum Gasteiger partial charge on any atom is 0.239 e. The maximum atomic E-state index is 12.5. The summed E-state index contributed by atoms with van der Waals surface area (Å²) < 4.78 is 5.78. The van der Waals surface area contributed by atoms with Gasteiger partial charge in [0.2, 0.25) is 11.8 Å². The zero-order chi connectivity index (χ0) is 22.1. The maximum absolute atomic E-state index is 12.5. The molecule has 7 heteroatoms. The molecule has 1 aromatic heterocycles. The number of amides is 2. The number of carbonyl (C=O) groups excluding carboxylic acids is 2. The zero-order valence-corrected chi connectivity index (χ0v) is 18.3. The lowest BCUT2D eigenvalue weighted by molar-refractivity contribution is -0.136. The molecule has 0 saturated heterocycles. The molecule has 0 bridgehead atoms. The third-order valence-corrected chi connectivity index (χ3v) is 5.12. The highest BCUT2D eigenvalue weighted by Crippen LogP contribution is 2.20. The number of likely N-dealkylation sites (N-methyl/N-ethyl adjacent to an activating group) is 1. The fraction of sp³-hybridized carbons (Fsp3) is 0.292. The number of oxazole rings is 1. The molecule has 2 amide bonds. The molecular weight excluding hydrogens is 414 g/mol. The molecule has 0 unspecified atom stereocenters. The summed E-state index contributed by atoms with van der Waals surface area (Å²) in [5, 5.41) is 3.49. The van der Waals surface area contributed by atoms with Gasteiger partial charge in [-0.2, -0.15) is 0 Å². The third-order valence-electron chi connectivity index (χ3n) is 4.86. The molecule has 0 aliphatic carbocycles. The largest absolute Gasteiger partial charge is 0.441 e. The minimum atomic E-state index is -0.189. The Hall–Kier alpha value is -3.12. The van der Waals surface area contributed by atoms with Crippen molar-refractivity contribution in [3.05, 3.63) is 77.3 Å². The van der Waals surface area contributed by atoms with E-state index in [0.29, 0.717) is 43.3 Å². The number of nitrogens with zero attached hydrogens (tertiary/aromatic N) is 2. The molecule has 1 N–H and O–H groups in total. The van der Waals surface area contributed by atoms with Gasteiger partial charge in [-0.05, 0) is 31.0 Å². The second-order valence-corrected chi connectivity index (χ2v) is 7.59. The number of carbonyl (C=O) groups is 2. The molecular formula is C24H26ClN3O3. The molecule has 3 aromatic rings. The number of nitrogens with one attached hydrogen (secondary N) is 1. The second kappa shape index (κ2) is 11.3. The standard InChI is InChI=1S/C24H26ClN3O3/c1-2-28(17-22(29)26-15-18-11-13-20(25)14-12-18)24(30)10-6-9-23-27-16-21(31-23)19-7-4-3-5-8-19/h3-5,7-8,11-14,16H,2,6,9-10,15,17H2,1H3,(H,26,29). The molecule has 0 aliphatic rings. The Labute approximate surface area is 187 Å². The van der Waals surface area contributed by atoms with Crippen LogP contribution in [0.3, 0.4) is 0 Å². The Kier molecular flexibility index (Phi) is 8.24. The highest BCUT2D eigenvalue weighted by atomic mass is 35.5. The predicted molar refractivity (Wildman–Crippen MR) is 120 cm³/mol. The van der Waals surface area contributed by atoms with E-state index < -0.39 is 0 Å². The van der Waals surface area contributed by atoms with E-state index in [-0.39, 0.29) is 18.4 Å². The monoisotopic (exact) mass is 439 g/mol. The average Bonchev–Trinajstić information content (AvgIpc) is 3.26. The van der Waals surface area contributed by atoms with Gasteiger partial charge in [-0.1, -0.05) is 54.1 Å². The lowest BCUT2D eigenvalue weighted by Gasteiger charge is -2.20. The summed E-state index contributed by atoms with van der Waals surface area (Å²) in [5.74, 6) is 1.08. The number of rotatable bonds is 10. The summed E-state index contributed by atoms with van der Waals surface area (Å²) in [6.07, 6.45) is 3.21. The molecule has 0 fully saturated rings. The Morgan fingerprint density at radius 3 is 2.55 bits per heavy atom. The van der Waals surface area contributed by atoms with Gasteiger partial charge in [0.25, 0.3) is 0 Å². The highest BCUT2D eigenvalue weighted by Gasteiger charge is 2.16. The number of hydrogen-bond acceptors (Lipinski definition) is 4. The molecule has 2 aromatic carbocycles. The summed E-state index contributed by atoms with van der Waals surface area (Å²) in [7, 11) is 0. The van der Waals surface area contributed by atoms with Gasteiger partial charge in [-0.3, -0.25) is 9.59 Å². The normalized spacial score (nSPS) is 10.6. The minimum Gasteiger partial charge on any atom is -0.441 e. The quantitative estimate of drug-likeness (QED) is 0.505. The van der Waals surface area contributed by atoms with Crippen molar-refractivity contribution in [1.29, 1.82) is 0 Å². The van der Waals surface area contributed by atoms with Crippen LogP contribution in [0, 0.1) is 0 Å². The van der Waals surface area contributed by atoms with Gasteiger partial charge in [-0.25, -0.2) is 4.98 Å². The molecule has 0 radical (unpaired) electrons. The van der Waals surface area contributed by atoms with E-state index in [1.165, 1.54) is 0 Å². The summed E-state index contributed by atoms with van der Waals surface area (Å²) in [6.45, 7) is 2.78. The molecule has 0 atom stereocenters. The van der Waals surface area contributed by atoms with Crippen LogP contribution in [-0.2, 0) is 22.6 Å². The number of halogens is 1. The van der Waals surface area contributed by atoms with Crippen molar-refractivity contribution >= 4 is 23.4 Å². The first-order chi connectivity index (χ1) is 15.0. The van der Waals surface area contributed by atoms with Crippen LogP contribution < -0.4 is 5.32 Å². The fourth-order valence-electron chi connectivity index (χ4n) is 3.12. The third kappa shape index (κ3) is 6.96. The van der Waals surface area contributed by atoms with Gasteiger partial charge in [0.1, 0.15) is 0 Å². The van der Waals surface area contributed by atoms with Crippen molar-refractivity contribution in [3.63, 3.8) is 0 Å². The number of hydrogen-bond donors (Lipinski definition) is 1. The van der Waals surface area contributed by atoms with Gasteiger partial charge < -0.3 is 14.6 Å². The van der Waals surface area contributed by atoms with Crippen molar-refractivity contribution in [2.45, 2.75) is 32.7 Å². The van der Waals surface area contributed by atoms with E-state index in [0.717, 1.165) is 16.9 Å². The summed E-state index contributed by atoms with van der Waals surface area (Å²) in [6, 6.07) is 17.0. The molecule has 0 saturated carbocycles. The Bertz CT molecular complexity index is 987.